The Bertz CT molecular complexity index is 810. The van der Waals surface area contributed by atoms with E-state index < -0.39 is 28.3 Å². The van der Waals surface area contributed by atoms with Gasteiger partial charge in [0.15, 0.2) is 0 Å². The van der Waals surface area contributed by atoms with Gasteiger partial charge >= 0.3 is 12.2 Å². The van der Waals surface area contributed by atoms with Gasteiger partial charge in [0.05, 0.1) is 0 Å². The first-order valence-electron chi connectivity index (χ1n) is 8.94. The van der Waals surface area contributed by atoms with Crippen molar-refractivity contribution in [1.82, 2.24) is 0 Å². The Kier molecular flexibility index (Phi) is 5.30. The monoisotopic (exact) mass is 370 g/mol. The molecule has 0 saturated carbocycles. The third-order valence-electron chi connectivity index (χ3n) is 5.22. The van der Waals surface area contributed by atoms with Crippen molar-refractivity contribution >= 4 is 12.2 Å². The van der Waals surface area contributed by atoms with Crippen LogP contribution in [-0.4, -0.2) is 45.1 Å². The van der Waals surface area contributed by atoms with Crippen LogP contribution >= 0.6 is 0 Å². The SMILES string of the molecule is C[C@@H]1CC(O)(Cc2ccccc2)C[N+]1(C(=O)O)C(=O)OCc1ccccc1. The fraction of sp³-hybridized carbons (Fsp3) is 0.333. The number of ether oxygens (including phenoxy) is 1. The van der Waals surface area contributed by atoms with E-state index in [0.717, 1.165) is 11.1 Å². The number of rotatable bonds is 4. The maximum Gasteiger partial charge on any atom is 0.527 e. The van der Waals surface area contributed by atoms with E-state index in [1.807, 2.05) is 48.5 Å². The third-order valence-corrected chi connectivity index (χ3v) is 5.22. The van der Waals surface area contributed by atoms with E-state index in [0.29, 0.717) is 0 Å². The summed E-state index contributed by atoms with van der Waals surface area (Å²) in [5.41, 5.74) is 0.390. The lowest BCUT2D eigenvalue weighted by Gasteiger charge is -2.29. The Morgan fingerprint density at radius 1 is 1.07 bits per heavy atom. The fourth-order valence-electron chi connectivity index (χ4n) is 3.91. The summed E-state index contributed by atoms with van der Waals surface area (Å²) in [6, 6.07) is 17.9. The molecule has 142 valence electrons. The Morgan fingerprint density at radius 2 is 1.63 bits per heavy atom. The summed E-state index contributed by atoms with van der Waals surface area (Å²) in [6.45, 7) is 1.45. The summed E-state index contributed by atoms with van der Waals surface area (Å²) < 4.78 is 4.41. The molecule has 1 fully saturated rings. The van der Waals surface area contributed by atoms with E-state index in [-0.39, 0.29) is 26.0 Å². The molecule has 0 aromatic heterocycles. The molecule has 0 bridgehead atoms. The van der Waals surface area contributed by atoms with Crippen LogP contribution in [0.2, 0.25) is 0 Å². The number of carbonyl (C=O) groups is 2. The number of quaternary nitrogens is 1. The molecular formula is C21H24NO5+. The van der Waals surface area contributed by atoms with E-state index in [1.54, 1.807) is 19.1 Å². The molecule has 1 heterocycles. The highest BCUT2D eigenvalue weighted by Gasteiger charge is 2.63. The van der Waals surface area contributed by atoms with Crippen LogP contribution in [0.5, 0.6) is 0 Å². The summed E-state index contributed by atoms with van der Waals surface area (Å²) in [7, 11) is 0. The molecule has 6 heteroatoms. The molecule has 2 unspecified atom stereocenters. The molecule has 0 aliphatic carbocycles. The van der Waals surface area contributed by atoms with E-state index in [1.165, 1.54) is 0 Å². The quantitative estimate of drug-likeness (QED) is 0.804. The summed E-state index contributed by atoms with van der Waals surface area (Å²) in [5.74, 6) is 0. The average molecular weight is 370 g/mol. The van der Waals surface area contributed by atoms with E-state index in [2.05, 4.69) is 0 Å². The highest BCUT2D eigenvalue weighted by molar-refractivity contribution is 5.76. The number of amides is 2. The number of hydrogen-bond acceptors (Lipinski definition) is 4. The molecule has 0 spiro atoms. The number of hydrogen-bond donors (Lipinski definition) is 2. The molecule has 1 aliphatic rings. The number of aliphatic hydroxyl groups is 1. The topological polar surface area (TPSA) is 83.8 Å². The lowest BCUT2D eigenvalue weighted by Crippen LogP contribution is -2.60. The molecule has 1 saturated heterocycles. The second kappa shape index (κ2) is 7.50. The minimum absolute atomic E-state index is 0.00319. The predicted octanol–water partition coefficient (Wildman–Crippen LogP) is 3.58. The summed E-state index contributed by atoms with van der Waals surface area (Å²) in [5, 5.41) is 20.9. The fourth-order valence-corrected chi connectivity index (χ4v) is 3.91. The van der Waals surface area contributed by atoms with Crippen molar-refractivity contribution < 1.29 is 29.0 Å². The first-order valence-corrected chi connectivity index (χ1v) is 8.94. The van der Waals surface area contributed by atoms with Crippen molar-refractivity contribution in [2.24, 2.45) is 0 Å². The van der Waals surface area contributed by atoms with Gasteiger partial charge in [-0.2, -0.15) is 9.59 Å². The largest absolute Gasteiger partial charge is 0.527 e. The van der Waals surface area contributed by atoms with Gasteiger partial charge in [0.1, 0.15) is 24.8 Å². The van der Waals surface area contributed by atoms with Gasteiger partial charge in [-0.3, -0.25) is 0 Å². The Balaban J connectivity index is 1.79. The number of likely N-dealkylation sites (tertiary alicyclic amines) is 1. The lowest BCUT2D eigenvalue weighted by atomic mass is 9.92. The highest BCUT2D eigenvalue weighted by atomic mass is 16.6. The Morgan fingerprint density at radius 3 is 2.19 bits per heavy atom. The van der Waals surface area contributed by atoms with Gasteiger partial charge in [0.2, 0.25) is 0 Å². The minimum atomic E-state index is -1.30. The zero-order valence-corrected chi connectivity index (χ0v) is 15.2. The number of carboxylic acid groups (broad SMARTS) is 1. The molecule has 6 nitrogen and oxygen atoms in total. The van der Waals surface area contributed by atoms with Crippen molar-refractivity contribution in [3.63, 3.8) is 0 Å². The molecular weight excluding hydrogens is 346 g/mol. The number of carbonyl (C=O) groups excluding carboxylic acids is 1. The van der Waals surface area contributed by atoms with Gasteiger partial charge in [0, 0.05) is 12.8 Å². The smallest absolute Gasteiger partial charge is 0.435 e. The predicted molar refractivity (Wildman–Crippen MR) is 99.0 cm³/mol. The number of benzene rings is 2. The molecule has 0 radical (unpaired) electrons. The first kappa shape index (κ1) is 19.1. The third kappa shape index (κ3) is 3.86. The highest BCUT2D eigenvalue weighted by Crippen LogP contribution is 2.37. The van der Waals surface area contributed by atoms with Gasteiger partial charge < -0.3 is 14.9 Å². The maximum absolute atomic E-state index is 12.8. The zero-order chi connectivity index (χ0) is 19.5. The van der Waals surface area contributed by atoms with Crippen molar-refractivity contribution in [3.05, 3.63) is 71.8 Å². The Labute approximate surface area is 158 Å². The molecule has 1 aliphatic heterocycles. The van der Waals surface area contributed by atoms with Gasteiger partial charge in [-0.1, -0.05) is 60.7 Å². The van der Waals surface area contributed by atoms with Crippen LogP contribution in [0.4, 0.5) is 9.59 Å². The van der Waals surface area contributed by atoms with Crippen LogP contribution in [0, 0.1) is 0 Å². The molecule has 3 atom stereocenters. The molecule has 3 rings (SSSR count). The van der Waals surface area contributed by atoms with E-state index >= 15 is 0 Å². The lowest BCUT2D eigenvalue weighted by molar-refractivity contribution is -0.798. The summed E-state index contributed by atoms with van der Waals surface area (Å²) in [4.78, 5) is 24.9. The average Bonchev–Trinajstić information content (AvgIpc) is 2.93. The zero-order valence-electron chi connectivity index (χ0n) is 15.2. The second-order valence-electron chi connectivity index (χ2n) is 7.29. The molecule has 2 aromatic rings. The Hall–Kier alpha value is -2.70. The van der Waals surface area contributed by atoms with Crippen LogP contribution in [0.3, 0.4) is 0 Å². The molecule has 27 heavy (non-hydrogen) atoms. The van der Waals surface area contributed by atoms with Crippen molar-refractivity contribution in [1.29, 1.82) is 0 Å². The maximum atomic E-state index is 12.8. The second-order valence-corrected chi connectivity index (χ2v) is 7.29. The molecule has 2 amide bonds. The minimum Gasteiger partial charge on any atom is -0.435 e. The van der Waals surface area contributed by atoms with Crippen molar-refractivity contribution in [2.75, 3.05) is 6.54 Å². The van der Waals surface area contributed by atoms with Crippen molar-refractivity contribution in [3.8, 4) is 0 Å². The van der Waals surface area contributed by atoms with Crippen LogP contribution in [0.25, 0.3) is 0 Å². The molecule has 2 aromatic carbocycles. The number of imide groups is 1. The summed E-state index contributed by atoms with van der Waals surface area (Å²) in [6.07, 6.45) is -1.65. The normalized spacial score (nSPS) is 27.3. The van der Waals surface area contributed by atoms with E-state index in [4.69, 9.17) is 4.74 Å². The summed E-state index contributed by atoms with van der Waals surface area (Å²) >= 11 is 0. The number of nitrogens with zero attached hydrogens (tertiary/aromatic N) is 1. The van der Waals surface area contributed by atoms with Crippen LogP contribution < -0.4 is 0 Å². The van der Waals surface area contributed by atoms with Crippen molar-refractivity contribution in [2.45, 2.75) is 38.0 Å². The van der Waals surface area contributed by atoms with Crippen LogP contribution in [-0.2, 0) is 17.8 Å². The van der Waals surface area contributed by atoms with Gasteiger partial charge in [-0.05, 0) is 18.1 Å². The molecule has 2 N–H and O–H groups in total. The van der Waals surface area contributed by atoms with Gasteiger partial charge in [-0.25, -0.2) is 0 Å². The van der Waals surface area contributed by atoms with Gasteiger partial charge in [-0.15, -0.1) is 4.48 Å². The van der Waals surface area contributed by atoms with Gasteiger partial charge in [0.25, 0.3) is 0 Å². The van der Waals surface area contributed by atoms with E-state index in [9.17, 15) is 19.8 Å². The first-order chi connectivity index (χ1) is 12.9. The van der Waals surface area contributed by atoms with Crippen LogP contribution in [0.1, 0.15) is 24.5 Å². The van der Waals surface area contributed by atoms with Crippen LogP contribution in [0.15, 0.2) is 60.7 Å². The standard InChI is InChI=1S/C21H23NO5/c1-16-12-21(26,13-17-8-4-2-5-9-17)15-22(16,19(23)24)20(25)27-14-18-10-6-3-7-11-18/h2-11,16,26H,12-15H2,1H3/p+1/t16-,21?,22?/m1/s1.